The Labute approximate surface area is 338 Å². The number of anilines is 6. The average Bonchev–Trinajstić information content (AvgIpc) is 3.06. The molecule has 2 aromatic heterocycles. The molecule has 0 aliphatic carbocycles. The van der Waals surface area contributed by atoms with Crippen molar-refractivity contribution >= 4 is 90.8 Å². The van der Waals surface area contributed by atoms with Crippen LogP contribution < -0.4 is 50.0 Å². The summed E-state index contributed by atoms with van der Waals surface area (Å²) in [6.07, 6.45) is 2.32. The van der Waals surface area contributed by atoms with Crippen molar-refractivity contribution in [3.8, 4) is 0 Å². The van der Waals surface area contributed by atoms with Gasteiger partial charge in [0, 0.05) is 37.6 Å². The van der Waals surface area contributed by atoms with Crippen LogP contribution in [-0.4, -0.2) is 129 Å². The van der Waals surface area contributed by atoms with E-state index in [1.165, 1.54) is 40.1 Å². The number of aromatic nitrogens is 6. The number of hydrogen-bond acceptors (Lipinski definition) is 19. The summed E-state index contributed by atoms with van der Waals surface area (Å²) in [5.74, 6) is -0.275. The number of halogens is 2. The molecule has 4 rings (SSSR count). The Morgan fingerprint density at radius 3 is 1.42 bits per heavy atom. The van der Waals surface area contributed by atoms with Crippen molar-refractivity contribution in [2.75, 3.05) is 73.0 Å². The molecule has 0 saturated heterocycles. The Morgan fingerprint density at radius 1 is 0.679 bits per heavy atom. The molecule has 4 aromatic rings. The summed E-state index contributed by atoms with van der Waals surface area (Å²) in [4.78, 5) is 25.7. The van der Waals surface area contributed by atoms with Gasteiger partial charge in [-0.25, -0.2) is 8.42 Å². The van der Waals surface area contributed by atoms with Gasteiger partial charge in [-0.2, -0.15) is 38.3 Å². The van der Waals surface area contributed by atoms with E-state index < -0.39 is 30.0 Å². The molecule has 25 heteroatoms. The fourth-order valence-corrected chi connectivity index (χ4v) is 6.27. The number of hydrogen-bond donors (Lipinski definition) is 7. The molecule has 282 valence electrons. The number of aliphatic hydroxyl groups excluding tert-OH is 4. The molecule has 2 aromatic carbocycles. The van der Waals surface area contributed by atoms with E-state index in [-0.39, 0.29) is 142 Å². The van der Waals surface area contributed by atoms with E-state index in [4.69, 9.17) is 23.2 Å². The molecule has 7 N–H and O–H groups in total. The second kappa shape index (κ2) is 19.8. The monoisotopic (exact) mass is 826 g/mol. The summed E-state index contributed by atoms with van der Waals surface area (Å²) < 4.78 is 71.7. The van der Waals surface area contributed by atoms with Gasteiger partial charge in [0.15, 0.2) is 0 Å². The first-order valence-electron chi connectivity index (χ1n) is 14.8. The van der Waals surface area contributed by atoms with Gasteiger partial charge in [0.05, 0.1) is 31.3 Å². The Bertz CT molecular complexity index is 1990. The van der Waals surface area contributed by atoms with E-state index in [9.17, 15) is 46.4 Å². The fraction of sp³-hybridized carbons (Fsp3) is 0.286. The van der Waals surface area contributed by atoms with Gasteiger partial charge in [0.1, 0.15) is 15.0 Å². The summed E-state index contributed by atoms with van der Waals surface area (Å²) in [6, 6.07) is 7.32. The first-order chi connectivity index (χ1) is 24.6. The van der Waals surface area contributed by atoms with Crippen molar-refractivity contribution < 1.29 is 78.8 Å². The molecule has 0 saturated carbocycles. The molecule has 0 fully saturated rings. The zero-order valence-corrected chi connectivity index (χ0v) is 32.8. The molecule has 2 heterocycles. The summed E-state index contributed by atoms with van der Waals surface area (Å²) >= 11 is 12.1. The first kappa shape index (κ1) is 44.0. The zero-order chi connectivity index (χ0) is 38.1. The topological polar surface area (TPSA) is 300 Å². The van der Waals surface area contributed by atoms with Gasteiger partial charge < -0.3 is 46.8 Å². The maximum Gasteiger partial charge on any atom is 1.00 e. The van der Waals surface area contributed by atoms with Crippen molar-refractivity contribution in [3.63, 3.8) is 0 Å². The molecule has 0 atom stereocenters. The van der Waals surface area contributed by atoms with E-state index in [1.807, 2.05) is 0 Å². The first-order valence-corrected chi connectivity index (χ1v) is 18.5. The van der Waals surface area contributed by atoms with Crippen LogP contribution in [0.1, 0.15) is 14.0 Å². The van der Waals surface area contributed by atoms with Crippen LogP contribution in [0.4, 0.5) is 35.2 Å². The Kier molecular flexibility index (Phi) is 16.5. The number of benzene rings is 2. The van der Waals surface area contributed by atoms with E-state index >= 15 is 0 Å². The zero-order valence-electron chi connectivity index (χ0n) is 29.7. The minimum atomic E-state index is -5.12. The minimum Gasteiger partial charge on any atom is -1.00 e. The second-order valence-electron chi connectivity index (χ2n) is 10.3. The number of rotatable bonds is 18. The number of nitrogens with zero attached hydrogens (tertiary/aromatic N) is 8. The van der Waals surface area contributed by atoms with E-state index in [0.29, 0.717) is 0 Å². The van der Waals surface area contributed by atoms with Gasteiger partial charge in [-0.05, 0) is 58.6 Å². The molecule has 0 amide bonds. The van der Waals surface area contributed by atoms with Gasteiger partial charge in [-0.3, -0.25) is 4.55 Å². The normalized spacial score (nSPS) is 11.7. The Hall–Kier alpha value is -3.36. The molecule has 0 unspecified atom stereocenters. The molecule has 0 radical (unpaired) electrons. The largest absolute Gasteiger partial charge is 1.00 e. The second-order valence-corrected chi connectivity index (χ2v) is 13.8. The molecule has 0 spiro atoms. The minimum absolute atomic E-state index is 0. The van der Waals surface area contributed by atoms with E-state index in [0.717, 1.165) is 18.2 Å². The van der Waals surface area contributed by atoms with Crippen molar-refractivity contribution in [1.29, 1.82) is 0 Å². The molecule has 0 bridgehead atoms. The van der Waals surface area contributed by atoms with E-state index in [1.54, 1.807) is 0 Å². The SMILES string of the molecule is O=S(=O)([O-])c1cc(Nc2nc(Cl)nc(N(CCO)CCO)n2)ccc1C=Cc1ccc(Nc2nc(Cl)nc(N(CCO)CCO)n2)cc1S(=O)(=O)O.[H+].[H-].[Na+]. The van der Waals surface area contributed by atoms with Gasteiger partial charge in [-0.1, -0.05) is 24.3 Å². The predicted octanol–water partition coefficient (Wildman–Crippen LogP) is -2.02. The third kappa shape index (κ3) is 12.6. The van der Waals surface area contributed by atoms with Crippen LogP contribution in [0.15, 0.2) is 46.2 Å². The Morgan fingerprint density at radius 2 is 1.06 bits per heavy atom. The smallest absolute Gasteiger partial charge is 1.00 e. The van der Waals surface area contributed by atoms with Gasteiger partial charge in [0.2, 0.25) is 34.4 Å². The van der Waals surface area contributed by atoms with Crippen molar-refractivity contribution in [3.05, 3.63) is 58.1 Å². The maximum absolute atomic E-state index is 12.4. The van der Waals surface area contributed by atoms with Crippen molar-refractivity contribution in [2.45, 2.75) is 9.79 Å². The summed E-state index contributed by atoms with van der Waals surface area (Å²) in [5, 5.41) is 42.3. The molecular formula is C28H33Cl2N10NaO10S2. The number of nitrogens with one attached hydrogen (secondary N) is 2. The third-order valence-corrected chi connectivity index (χ3v) is 8.91. The summed E-state index contributed by atoms with van der Waals surface area (Å²) in [5.41, 5.74) is -0.122. The quantitative estimate of drug-likeness (QED) is 0.0324. The molecule has 0 aliphatic heterocycles. The molecular weight excluding hydrogens is 794 g/mol. The molecule has 53 heavy (non-hydrogen) atoms. The van der Waals surface area contributed by atoms with Crippen LogP contribution in [0.3, 0.4) is 0 Å². The third-order valence-electron chi connectivity index (χ3n) is 6.77. The predicted molar refractivity (Wildman–Crippen MR) is 191 cm³/mol. The molecule has 20 nitrogen and oxygen atoms in total. The van der Waals surface area contributed by atoms with Crippen LogP contribution in [-0.2, 0) is 20.2 Å². The van der Waals surface area contributed by atoms with Gasteiger partial charge in [0.25, 0.3) is 10.1 Å². The fourth-order valence-electron chi connectivity index (χ4n) is 4.56. The van der Waals surface area contributed by atoms with E-state index in [2.05, 4.69) is 40.5 Å². The summed E-state index contributed by atoms with van der Waals surface area (Å²) in [6.45, 7) is -0.881. The van der Waals surface area contributed by atoms with Gasteiger partial charge in [-0.15, -0.1) is 0 Å². The van der Waals surface area contributed by atoms with Crippen LogP contribution in [0.5, 0.6) is 0 Å². The standard InChI is InChI=1S/C28H32Cl2N10O10S2.Na.H/c29-23-33-25(37-27(35-23)39(7-11-41)8-12-42)31-19-5-3-17(21(15-19)51(45,46)47)1-2-18-4-6-20(16-22(18)52(48,49)50)32-26-34-24(30)36-28(38-26)40(9-13-43)10-14-44;;/h1-6,15-16,41-44H,7-14H2,(H,45,46,47)(H,48,49,50)(H,31,33,35,37)(H,32,34,36,38);;/q;+1;-1. The van der Waals surface area contributed by atoms with Crippen LogP contribution in [0.25, 0.3) is 12.2 Å². The summed E-state index contributed by atoms with van der Waals surface area (Å²) in [7, 11) is -10.0. The van der Waals surface area contributed by atoms with Crippen LogP contribution in [0.2, 0.25) is 10.6 Å². The Balaban J connectivity index is 0.00000504. The van der Waals surface area contributed by atoms with Crippen molar-refractivity contribution in [2.24, 2.45) is 0 Å². The maximum atomic E-state index is 12.4. The number of aliphatic hydroxyl groups is 4. The van der Waals surface area contributed by atoms with Crippen molar-refractivity contribution in [1.82, 2.24) is 29.9 Å². The van der Waals surface area contributed by atoms with Gasteiger partial charge >= 0.3 is 31.0 Å². The molecule has 0 aliphatic rings. The average molecular weight is 828 g/mol. The van der Waals surface area contributed by atoms with Crippen LogP contribution >= 0.6 is 23.2 Å². The van der Waals surface area contributed by atoms with Crippen LogP contribution in [0, 0.1) is 0 Å².